The SMILES string of the molecule is Fc1ccc(CCC2(Cn3ccnc3)OCC(CSCc3cc(Cl)ccc3Cl)O2)cc1. The monoisotopic (exact) mass is 480 g/mol. The number of hydrogen-bond acceptors (Lipinski definition) is 4. The molecule has 0 radical (unpaired) electrons. The van der Waals surface area contributed by atoms with Gasteiger partial charge in [-0.1, -0.05) is 35.3 Å². The molecule has 1 aliphatic heterocycles. The van der Waals surface area contributed by atoms with Crippen molar-refractivity contribution in [2.45, 2.75) is 37.0 Å². The van der Waals surface area contributed by atoms with E-state index in [0.29, 0.717) is 29.6 Å². The van der Waals surface area contributed by atoms with Crippen molar-refractivity contribution in [2.24, 2.45) is 0 Å². The second-order valence-electron chi connectivity index (χ2n) is 7.57. The number of thioether (sulfide) groups is 1. The van der Waals surface area contributed by atoms with Crippen LogP contribution in [-0.2, 0) is 28.2 Å². The van der Waals surface area contributed by atoms with Gasteiger partial charge in [-0.3, -0.25) is 0 Å². The minimum atomic E-state index is -0.742. The maximum atomic E-state index is 13.2. The number of nitrogens with zero attached hydrogens (tertiary/aromatic N) is 2. The first-order valence-corrected chi connectivity index (χ1v) is 12.0. The lowest BCUT2D eigenvalue weighted by molar-refractivity contribution is -0.180. The molecule has 2 aromatic carbocycles. The summed E-state index contributed by atoms with van der Waals surface area (Å²) < 4.78 is 27.8. The minimum Gasteiger partial charge on any atom is -0.345 e. The van der Waals surface area contributed by atoms with Crippen LogP contribution in [0.3, 0.4) is 0 Å². The van der Waals surface area contributed by atoms with Gasteiger partial charge in [-0.25, -0.2) is 9.37 Å². The third kappa shape index (κ3) is 6.24. The molecule has 164 valence electrons. The Morgan fingerprint density at radius 1 is 1.19 bits per heavy atom. The highest BCUT2D eigenvalue weighted by Gasteiger charge is 2.41. The van der Waals surface area contributed by atoms with E-state index in [-0.39, 0.29) is 11.9 Å². The van der Waals surface area contributed by atoms with Gasteiger partial charge in [0.15, 0.2) is 5.79 Å². The van der Waals surface area contributed by atoms with Crippen LogP contribution in [-0.4, -0.2) is 33.8 Å². The predicted molar refractivity (Wildman–Crippen MR) is 123 cm³/mol. The quantitative estimate of drug-likeness (QED) is 0.375. The summed E-state index contributed by atoms with van der Waals surface area (Å²) in [5.41, 5.74) is 2.06. The molecule has 0 saturated carbocycles. The fourth-order valence-electron chi connectivity index (χ4n) is 3.59. The molecule has 0 N–H and O–H groups in total. The van der Waals surface area contributed by atoms with E-state index in [1.807, 2.05) is 22.9 Å². The molecule has 8 heteroatoms. The van der Waals surface area contributed by atoms with E-state index in [9.17, 15) is 4.39 Å². The Balaban J connectivity index is 1.36. The Morgan fingerprint density at radius 3 is 2.81 bits per heavy atom. The van der Waals surface area contributed by atoms with Crippen molar-refractivity contribution in [3.8, 4) is 0 Å². The second-order valence-corrected chi connectivity index (χ2v) is 9.45. The van der Waals surface area contributed by atoms with E-state index in [2.05, 4.69) is 4.98 Å². The number of hydrogen-bond donors (Lipinski definition) is 0. The molecular weight excluding hydrogens is 458 g/mol. The number of benzene rings is 2. The summed E-state index contributed by atoms with van der Waals surface area (Å²) in [6.07, 6.45) is 6.76. The van der Waals surface area contributed by atoms with Gasteiger partial charge in [0.1, 0.15) is 5.82 Å². The predicted octanol–water partition coefficient (Wildman–Crippen LogP) is 6.01. The number of rotatable bonds is 9. The Morgan fingerprint density at radius 2 is 2.03 bits per heavy atom. The molecule has 2 atom stereocenters. The highest BCUT2D eigenvalue weighted by Crippen LogP contribution is 2.33. The molecule has 1 fully saturated rings. The minimum absolute atomic E-state index is 0.0281. The van der Waals surface area contributed by atoms with Crippen LogP contribution in [0.1, 0.15) is 17.5 Å². The molecule has 3 aromatic rings. The summed E-state index contributed by atoms with van der Waals surface area (Å²) in [5, 5.41) is 1.40. The molecule has 2 unspecified atom stereocenters. The summed E-state index contributed by atoms with van der Waals surface area (Å²) in [7, 11) is 0. The van der Waals surface area contributed by atoms with Crippen molar-refractivity contribution in [3.05, 3.63) is 88.2 Å². The first-order chi connectivity index (χ1) is 15.0. The largest absolute Gasteiger partial charge is 0.345 e. The van der Waals surface area contributed by atoms with Crippen LogP contribution in [0.5, 0.6) is 0 Å². The molecule has 2 heterocycles. The third-order valence-corrected chi connectivity index (χ3v) is 6.90. The molecule has 1 saturated heterocycles. The molecule has 4 rings (SSSR count). The normalized spacial score (nSPS) is 20.9. The maximum absolute atomic E-state index is 13.2. The van der Waals surface area contributed by atoms with Gasteiger partial charge < -0.3 is 14.0 Å². The topological polar surface area (TPSA) is 36.3 Å². The zero-order chi connectivity index (χ0) is 21.7. The van der Waals surface area contributed by atoms with Crippen molar-refractivity contribution in [1.29, 1.82) is 0 Å². The van der Waals surface area contributed by atoms with E-state index in [1.54, 1.807) is 42.5 Å². The highest BCUT2D eigenvalue weighted by molar-refractivity contribution is 7.98. The fraction of sp³-hybridized carbons (Fsp3) is 0.348. The van der Waals surface area contributed by atoms with Gasteiger partial charge in [0.25, 0.3) is 0 Å². The first kappa shape index (κ1) is 22.6. The van der Waals surface area contributed by atoms with Crippen LogP contribution in [0.25, 0.3) is 0 Å². The summed E-state index contributed by atoms with van der Waals surface area (Å²) in [4.78, 5) is 4.12. The van der Waals surface area contributed by atoms with Crippen LogP contribution < -0.4 is 0 Å². The van der Waals surface area contributed by atoms with Crippen LogP contribution in [0.4, 0.5) is 4.39 Å². The number of halogens is 3. The molecule has 0 bridgehead atoms. The van der Waals surface area contributed by atoms with E-state index >= 15 is 0 Å². The van der Waals surface area contributed by atoms with E-state index in [1.165, 1.54) is 12.1 Å². The van der Waals surface area contributed by atoms with Crippen molar-refractivity contribution < 1.29 is 13.9 Å². The molecule has 0 aliphatic carbocycles. The van der Waals surface area contributed by atoms with Crippen molar-refractivity contribution in [3.63, 3.8) is 0 Å². The molecule has 0 spiro atoms. The average Bonchev–Trinajstić information content (AvgIpc) is 3.41. The highest BCUT2D eigenvalue weighted by atomic mass is 35.5. The van der Waals surface area contributed by atoms with Crippen LogP contribution in [0, 0.1) is 5.82 Å². The molecular formula is C23H23Cl2FN2O2S. The van der Waals surface area contributed by atoms with Crippen LogP contribution >= 0.6 is 35.0 Å². The van der Waals surface area contributed by atoms with Crippen LogP contribution in [0.2, 0.25) is 10.0 Å². The Kier molecular flexibility index (Phi) is 7.56. The van der Waals surface area contributed by atoms with Gasteiger partial charge >= 0.3 is 0 Å². The van der Waals surface area contributed by atoms with Crippen molar-refractivity contribution >= 4 is 35.0 Å². The maximum Gasteiger partial charge on any atom is 0.187 e. The van der Waals surface area contributed by atoms with E-state index in [4.69, 9.17) is 32.7 Å². The lowest BCUT2D eigenvalue weighted by Gasteiger charge is -2.28. The van der Waals surface area contributed by atoms with Gasteiger partial charge in [0.05, 0.1) is 25.6 Å². The molecule has 0 amide bonds. The lowest BCUT2D eigenvalue weighted by atomic mass is 10.0. The van der Waals surface area contributed by atoms with Gasteiger partial charge in [0, 0.05) is 40.4 Å². The Hall–Kier alpha value is -1.57. The smallest absolute Gasteiger partial charge is 0.187 e. The second kappa shape index (κ2) is 10.4. The number of imidazole rings is 1. The number of aromatic nitrogens is 2. The fourth-order valence-corrected chi connectivity index (χ4v) is 5.05. The molecule has 1 aromatic heterocycles. The van der Waals surface area contributed by atoms with Crippen molar-refractivity contribution in [2.75, 3.05) is 12.4 Å². The number of ether oxygens (including phenoxy) is 2. The van der Waals surface area contributed by atoms with E-state index < -0.39 is 5.79 Å². The van der Waals surface area contributed by atoms with Gasteiger partial charge in [0.2, 0.25) is 0 Å². The van der Waals surface area contributed by atoms with Gasteiger partial charge in [-0.15, -0.1) is 0 Å². The zero-order valence-electron chi connectivity index (χ0n) is 16.8. The average molecular weight is 481 g/mol. The summed E-state index contributed by atoms with van der Waals surface area (Å²) >= 11 is 14.1. The molecule has 31 heavy (non-hydrogen) atoms. The summed E-state index contributed by atoms with van der Waals surface area (Å²) in [6.45, 7) is 1.07. The van der Waals surface area contributed by atoms with Crippen molar-refractivity contribution in [1.82, 2.24) is 9.55 Å². The number of aryl methyl sites for hydroxylation is 1. The third-order valence-electron chi connectivity index (χ3n) is 5.17. The van der Waals surface area contributed by atoms with Gasteiger partial charge in [-0.2, -0.15) is 11.8 Å². The standard InChI is InChI=1S/C23H23Cl2FN2O2S/c24-19-3-6-22(25)18(11-19)13-31-14-21-12-29-23(30-21,15-28-10-9-27-16-28)8-7-17-1-4-20(26)5-2-17/h1-6,9-11,16,21H,7-8,12-15H2. The first-order valence-electron chi connectivity index (χ1n) is 10.0. The van der Waals surface area contributed by atoms with Crippen LogP contribution in [0.15, 0.2) is 61.2 Å². The van der Waals surface area contributed by atoms with Gasteiger partial charge in [-0.05, 0) is 47.9 Å². The summed E-state index contributed by atoms with van der Waals surface area (Å²) in [6, 6.07) is 12.1. The summed E-state index contributed by atoms with van der Waals surface area (Å²) in [5.74, 6) is 0.560. The van der Waals surface area contributed by atoms with E-state index in [0.717, 1.165) is 29.1 Å². The Bertz CT molecular complexity index is 988. The Labute approximate surface area is 195 Å². The molecule has 1 aliphatic rings. The lowest BCUT2D eigenvalue weighted by Crippen LogP contribution is -2.37. The zero-order valence-corrected chi connectivity index (χ0v) is 19.2. The molecule has 4 nitrogen and oxygen atoms in total.